The van der Waals surface area contributed by atoms with Gasteiger partial charge in [0, 0.05) is 25.9 Å². The van der Waals surface area contributed by atoms with E-state index in [9.17, 15) is 4.79 Å². The van der Waals surface area contributed by atoms with Crippen LogP contribution in [0.5, 0.6) is 0 Å². The van der Waals surface area contributed by atoms with Gasteiger partial charge in [-0.15, -0.1) is 0 Å². The number of quaternary nitrogens is 1. The second-order valence-corrected chi connectivity index (χ2v) is 7.28. The van der Waals surface area contributed by atoms with E-state index < -0.39 is 0 Å². The average Bonchev–Trinajstić information content (AvgIpc) is 2.54. The first-order valence-corrected chi connectivity index (χ1v) is 8.96. The standard InChI is InChI=1S/C18H25ClN2O2/c1-13-11-21(12-14(2)23-13)15-7-9-20(10-8-15)18(22)16-5-3-4-6-17(16)19/h3-6,13-15H,7-12H2,1-2H3/p+1/t13-,14+. The summed E-state index contributed by atoms with van der Waals surface area (Å²) in [6, 6.07) is 7.96. The minimum absolute atomic E-state index is 0.0627. The highest BCUT2D eigenvalue weighted by molar-refractivity contribution is 6.33. The Morgan fingerprint density at radius 2 is 1.78 bits per heavy atom. The predicted molar refractivity (Wildman–Crippen MR) is 91.1 cm³/mol. The number of amides is 1. The number of rotatable bonds is 2. The molecule has 2 saturated heterocycles. The molecule has 0 bridgehead atoms. The summed E-state index contributed by atoms with van der Waals surface area (Å²) in [7, 11) is 0. The minimum Gasteiger partial charge on any atom is -0.364 e. The molecule has 0 radical (unpaired) electrons. The van der Waals surface area contributed by atoms with Crippen molar-refractivity contribution >= 4 is 17.5 Å². The van der Waals surface area contributed by atoms with Gasteiger partial charge in [0.15, 0.2) is 0 Å². The first kappa shape index (κ1) is 16.7. The number of morpholine rings is 1. The molecular weight excluding hydrogens is 312 g/mol. The van der Waals surface area contributed by atoms with Crippen molar-refractivity contribution in [3.63, 3.8) is 0 Å². The van der Waals surface area contributed by atoms with Gasteiger partial charge in [-0.05, 0) is 26.0 Å². The topological polar surface area (TPSA) is 34.0 Å². The number of piperidine rings is 1. The molecule has 0 spiro atoms. The fourth-order valence-electron chi connectivity index (χ4n) is 3.94. The van der Waals surface area contributed by atoms with Crippen LogP contribution in [0.15, 0.2) is 24.3 Å². The first-order valence-electron chi connectivity index (χ1n) is 8.58. The van der Waals surface area contributed by atoms with E-state index in [4.69, 9.17) is 16.3 Å². The molecule has 4 nitrogen and oxygen atoms in total. The molecule has 2 fully saturated rings. The Morgan fingerprint density at radius 1 is 1.17 bits per heavy atom. The molecule has 23 heavy (non-hydrogen) atoms. The smallest absolute Gasteiger partial charge is 0.255 e. The van der Waals surface area contributed by atoms with Gasteiger partial charge < -0.3 is 14.5 Å². The third-order valence-electron chi connectivity index (χ3n) is 5.03. The van der Waals surface area contributed by atoms with Gasteiger partial charge in [0.1, 0.15) is 25.3 Å². The van der Waals surface area contributed by atoms with Crippen LogP contribution in [0.25, 0.3) is 0 Å². The van der Waals surface area contributed by atoms with Crippen molar-refractivity contribution in [3.8, 4) is 0 Å². The van der Waals surface area contributed by atoms with Crippen molar-refractivity contribution in [2.75, 3.05) is 26.2 Å². The van der Waals surface area contributed by atoms with Gasteiger partial charge in [0.25, 0.3) is 5.91 Å². The Bertz CT molecular complexity index is 548. The summed E-state index contributed by atoms with van der Waals surface area (Å²) in [5, 5.41) is 0.543. The van der Waals surface area contributed by atoms with Crippen LogP contribution < -0.4 is 4.90 Å². The van der Waals surface area contributed by atoms with Crippen molar-refractivity contribution in [2.45, 2.75) is 44.9 Å². The number of likely N-dealkylation sites (tertiary alicyclic amines) is 1. The van der Waals surface area contributed by atoms with E-state index >= 15 is 0 Å². The van der Waals surface area contributed by atoms with E-state index in [1.54, 1.807) is 11.0 Å². The number of hydrogen-bond acceptors (Lipinski definition) is 2. The Balaban J connectivity index is 1.58. The molecule has 5 heteroatoms. The summed E-state index contributed by atoms with van der Waals surface area (Å²) in [6.45, 7) is 8.11. The SMILES string of the molecule is C[C@@H]1C[NH+](C2CCN(C(=O)c3ccccc3Cl)CC2)C[C@H](C)O1. The van der Waals surface area contributed by atoms with E-state index in [0.29, 0.717) is 28.8 Å². The van der Waals surface area contributed by atoms with Crippen LogP contribution in [0.3, 0.4) is 0 Å². The average molecular weight is 338 g/mol. The van der Waals surface area contributed by atoms with E-state index in [1.165, 1.54) is 0 Å². The van der Waals surface area contributed by atoms with Gasteiger partial charge >= 0.3 is 0 Å². The number of ether oxygens (including phenoxy) is 1. The number of nitrogens with one attached hydrogen (secondary N) is 1. The highest BCUT2D eigenvalue weighted by Gasteiger charge is 2.34. The van der Waals surface area contributed by atoms with Gasteiger partial charge in [0.05, 0.1) is 16.6 Å². The zero-order chi connectivity index (χ0) is 16.4. The van der Waals surface area contributed by atoms with Crippen LogP contribution >= 0.6 is 11.6 Å². The maximum Gasteiger partial charge on any atom is 0.255 e. The molecule has 1 aromatic rings. The lowest BCUT2D eigenvalue weighted by molar-refractivity contribution is -0.940. The summed E-state index contributed by atoms with van der Waals surface area (Å²) in [5.74, 6) is 0.0627. The summed E-state index contributed by atoms with van der Waals surface area (Å²) >= 11 is 6.16. The molecule has 126 valence electrons. The fourth-order valence-corrected chi connectivity index (χ4v) is 4.16. The highest BCUT2D eigenvalue weighted by Crippen LogP contribution is 2.19. The molecule has 1 N–H and O–H groups in total. The Labute approximate surface area is 143 Å². The molecule has 2 aliphatic heterocycles. The predicted octanol–water partition coefficient (Wildman–Crippen LogP) is 1.64. The monoisotopic (exact) mass is 337 g/mol. The zero-order valence-electron chi connectivity index (χ0n) is 13.9. The van der Waals surface area contributed by atoms with Gasteiger partial charge in [-0.25, -0.2) is 0 Å². The highest BCUT2D eigenvalue weighted by atomic mass is 35.5. The Kier molecular flexibility index (Phi) is 5.24. The van der Waals surface area contributed by atoms with Gasteiger partial charge in [-0.1, -0.05) is 23.7 Å². The van der Waals surface area contributed by atoms with Crippen LogP contribution in [-0.2, 0) is 4.74 Å². The molecule has 3 atom stereocenters. The van der Waals surface area contributed by atoms with Crippen molar-refractivity contribution in [3.05, 3.63) is 34.9 Å². The largest absolute Gasteiger partial charge is 0.364 e. The van der Waals surface area contributed by atoms with Crippen LogP contribution in [-0.4, -0.2) is 55.2 Å². The first-order chi connectivity index (χ1) is 11.0. The Hall–Kier alpha value is -1.10. The van der Waals surface area contributed by atoms with Crippen molar-refractivity contribution in [1.82, 2.24) is 4.90 Å². The molecule has 2 heterocycles. The maximum absolute atomic E-state index is 12.6. The van der Waals surface area contributed by atoms with E-state index in [0.717, 1.165) is 39.0 Å². The van der Waals surface area contributed by atoms with Gasteiger partial charge in [-0.2, -0.15) is 0 Å². The van der Waals surface area contributed by atoms with E-state index in [1.807, 2.05) is 23.1 Å². The molecule has 1 aromatic carbocycles. The number of carbonyl (C=O) groups excluding carboxylic acids is 1. The van der Waals surface area contributed by atoms with E-state index in [-0.39, 0.29) is 5.91 Å². The quantitative estimate of drug-likeness (QED) is 0.890. The van der Waals surface area contributed by atoms with Crippen LogP contribution in [0, 0.1) is 0 Å². The summed E-state index contributed by atoms with van der Waals surface area (Å²) in [4.78, 5) is 16.2. The third kappa shape index (κ3) is 3.87. The normalized spacial score (nSPS) is 29.5. The lowest BCUT2D eigenvalue weighted by Crippen LogP contribution is -3.19. The zero-order valence-corrected chi connectivity index (χ0v) is 14.7. The Morgan fingerprint density at radius 3 is 2.39 bits per heavy atom. The number of halogens is 1. The van der Waals surface area contributed by atoms with Crippen LogP contribution in [0.2, 0.25) is 5.02 Å². The van der Waals surface area contributed by atoms with Crippen LogP contribution in [0.4, 0.5) is 0 Å². The van der Waals surface area contributed by atoms with Gasteiger partial charge in [0.2, 0.25) is 0 Å². The van der Waals surface area contributed by atoms with Crippen molar-refractivity contribution in [1.29, 1.82) is 0 Å². The molecule has 0 aliphatic carbocycles. The summed E-state index contributed by atoms with van der Waals surface area (Å²) in [6.07, 6.45) is 2.78. The molecule has 3 rings (SSSR count). The molecular formula is C18H26ClN2O2+. The number of carbonyl (C=O) groups is 1. The van der Waals surface area contributed by atoms with E-state index in [2.05, 4.69) is 13.8 Å². The minimum atomic E-state index is 0.0627. The van der Waals surface area contributed by atoms with Crippen molar-refractivity contribution in [2.24, 2.45) is 0 Å². The number of benzene rings is 1. The molecule has 1 unspecified atom stereocenters. The summed E-state index contributed by atoms with van der Waals surface area (Å²) < 4.78 is 5.84. The molecule has 2 aliphatic rings. The molecule has 0 aromatic heterocycles. The van der Waals surface area contributed by atoms with Crippen LogP contribution in [0.1, 0.15) is 37.0 Å². The third-order valence-corrected chi connectivity index (χ3v) is 5.36. The van der Waals surface area contributed by atoms with Crippen molar-refractivity contribution < 1.29 is 14.4 Å². The second kappa shape index (κ2) is 7.20. The van der Waals surface area contributed by atoms with Gasteiger partial charge in [-0.3, -0.25) is 4.79 Å². The number of hydrogen-bond donors (Lipinski definition) is 1. The lowest BCUT2D eigenvalue weighted by atomic mass is 10.0. The fraction of sp³-hybridized carbons (Fsp3) is 0.611. The lowest BCUT2D eigenvalue weighted by Gasteiger charge is -2.41. The summed E-state index contributed by atoms with van der Waals surface area (Å²) in [5.41, 5.74) is 0.619. The maximum atomic E-state index is 12.6. The molecule has 0 saturated carbocycles. The molecule has 1 amide bonds. The second-order valence-electron chi connectivity index (χ2n) is 6.87. The number of nitrogens with zero attached hydrogens (tertiary/aromatic N) is 1.